The lowest BCUT2D eigenvalue weighted by molar-refractivity contribution is -0.129. The third-order valence-electron chi connectivity index (χ3n) is 3.22. The third kappa shape index (κ3) is 3.23. The maximum absolute atomic E-state index is 12.0. The largest absolute Gasteiger partial charge is 0.380 e. The molecule has 0 spiro atoms. The summed E-state index contributed by atoms with van der Waals surface area (Å²) in [6.07, 6.45) is 2.46. The SMILES string of the molecule is C=CCC1(COS(=O)(=O)c2ccc(C)cc2)COC1. The van der Waals surface area contributed by atoms with Crippen LogP contribution in [-0.2, 0) is 19.0 Å². The summed E-state index contributed by atoms with van der Waals surface area (Å²) in [6, 6.07) is 6.62. The molecule has 2 rings (SSSR count). The first-order valence-electron chi connectivity index (χ1n) is 6.12. The van der Waals surface area contributed by atoms with Crippen molar-refractivity contribution in [2.75, 3.05) is 19.8 Å². The lowest BCUT2D eigenvalue weighted by atomic mass is 9.84. The number of ether oxygens (including phenoxy) is 1. The summed E-state index contributed by atoms with van der Waals surface area (Å²) in [5.41, 5.74) is 0.772. The number of aryl methyl sites for hydroxylation is 1. The zero-order chi connectivity index (χ0) is 13.9. The second kappa shape index (κ2) is 5.45. The molecule has 1 aromatic carbocycles. The van der Waals surface area contributed by atoms with Crippen molar-refractivity contribution >= 4 is 10.1 Å². The summed E-state index contributed by atoms with van der Waals surface area (Å²) in [5.74, 6) is 0. The van der Waals surface area contributed by atoms with E-state index in [0.29, 0.717) is 19.6 Å². The number of hydrogen-bond donors (Lipinski definition) is 0. The molecule has 0 amide bonds. The van der Waals surface area contributed by atoms with Gasteiger partial charge in [0.25, 0.3) is 10.1 Å². The molecule has 1 aromatic rings. The third-order valence-corrected chi connectivity index (χ3v) is 4.50. The Balaban J connectivity index is 2.05. The lowest BCUT2D eigenvalue weighted by Crippen LogP contribution is -2.46. The molecule has 1 heterocycles. The maximum atomic E-state index is 12.0. The summed E-state index contributed by atoms with van der Waals surface area (Å²) in [4.78, 5) is 0.187. The van der Waals surface area contributed by atoms with Gasteiger partial charge in [0, 0.05) is 5.41 Å². The van der Waals surface area contributed by atoms with E-state index < -0.39 is 10.1 Å². The molecule has 0 bridgehead atoms. The molecule has 0 saturated carbocycles. The van der Waals surface area contributed by atoms with Crippen molar-refractivity contribution in [3.63, 3.8) is 0 Å². The molecule has 0 N–H and O–H groups in total. The fourth-order valence-corrected chi connectivity index (χ4v) is 2.94. The van der Waals surface area contributed by atoms with Gasteiger partial charge in [-0.05, 0) is 25.5 Å². The molecule has 4 nitrogen and oxygen atoms in total. The van der Waals surface area contributed by atoms with Crippen LogP contribution in [0.25, 0.3) is 0 Å². The summed E-state index contributed by atoms with van der Waals surface area (Å²) in [7, 11) is -3.69. The fourth-order valence-electron chi connectivity index (χ4n) is 1.93. The molecule has 1 aliphatic heterocycles. The van der Waals surface area contributed by atoms with Gasteiger partial charge in [0.1, 0.15) is 0 Å². The van der Waals surface area contributed by atoms with Crippen LogP contribution in [0.4, 0.5) is 0 Å². The van der Waals surface area contributed by atoms with Crippen LogP contribution in [0.3, 0.4) is 0 Å². The van der Waals surface area contributed by atoms with Crippen LogP contribution in [-0.4, -0.2) is 28.2 Å². The molecule has 19 heavy (non-hydrogen) atoms. The van der Waals surface area contributed by atoms with Crippen molar-refractivity contribution in [3.8, 4) is 0 Å². The highest BCUT2D eigenvalue weighted by molar-refractivity contribution is 7.86. The Morgan fingerprint density at radius 1 is 1.37 bits per heavy atom. The molecule has 0 aromatic heterocycles. The molecule has 0 aliphatic carbocycles. The minimum atomic E-state index is -3.69. The van der Waals surface area contributed by atoms with Gasteiger partial charge >= 0.3 is 0 Å². The smallest absolute Gasteiger partial charge is 0.296 e. The molecule has 0 radical (unpaired) electrons. The van der Waals surface area contributed by atoms with E-state index in [0.717, 1.165) is 5.56 Å². The molecule has 5 heteroatoms. The summed E-state index contributed by atoms with van der Waals surface area (Å²) in [6.45, 7) is 6.75. The van der Waals surface area contributed by atoms with Crippen LogP contribution in [0.2, 0.25) is 0 Å². The van der Waals surface area contributed by atoms with Crippen LogP contribution in [0.15, 0.2) is 41.8 Å². The van der Waals surface area contributed by atoms with Gasteiger partial charge in [0.05, 0.1) is 24.7 Å². The molecule has 1 fully saturated rings. The number of rotatable bonds is 6. The molecule has 1 aliphatic rings. The molecule has 104 valence electrons. The lowest BCUT2D eigenvalue weighted by Gasteiger charge is -2.40. The Morgan fingerprint density at radius 3 is 2.47 bits per heavy atom. The molecule has 1 saturated heterocycles. The van der Waals surface area contributed by atoms with Gasteiger partial charge in [-0.3, -0.25) is 4.18 Å². The minimum absolute atomic E-state index is 0.134. The van der Waals surface area contributed by atoms with Gasteiger partial charge in [-0.2, -0.15) is 8.42 Å². The Kier molecular flexibility index (Phi) is 4.08. The van der Waals surface area contributed by atoms with Crippen LogP contribution < -0.4 is 0 Å². The van der Waals surface area contributed by atoms with Crippen molar-refractivity contribution in [1.29, 1.82) is 0 Å². The van der Waals surface area contributed by atoms with Gasteiger partial charge in [-0.15, -0.1) is 6.58 Å². The van der Waals surface area contributed by atoms with E-state index in [-0.39, 0.29) is 16.9 Å². The minimum Gasteiger partial charge on any atom is -0.380 e. The Hall–Kier alpha value is -1.17. The quantitative estimate of drug-likeness (QED) is 0.593. The normalized spacial score (nSPS) is 17.7. The predicted octanol–water partition coefficient (Wildman–Crippen LogP) is 2.29. The first-order valence-corrected chi connectivity index (χ1v) is 7.53. The number of hydrogen-bond acceptors (Lipinski definition) is 4. The standard InChI is InChI=1S/C14H18O4S/c1-3-8-14(9-17-10-14)11-18-19(15,16)13-6-4-12(2)5-7-13/h3-7H,1,8-11H2,2H3. The van der Waals surface area contributed by atoms with Crippen molar-refractivity contribution < 1.29 is 17.3 Å². The zero-order valence-electron chi connectivity index (χ0n) is 11.0. The Labute approximate surface area is 114 Å². The van der Waals surface area contributed by atoms with Crippen LogP contribution in [0, 0.1) is 12.3 Å². The average Bonchev–Trinajstić information content (AvgIpc) is 2.33. The molecular weight excluding hydrogens is 264 g/mol. The fraction of sp³-hybridized carbons (Fsp3) is 0.429. The van der Waals surface area contributed by atoms with Crippen molar-refractivity contribution in [2.24, 2.45) is 5.41 Å². The van der Waals surface area contributed by atoms with E-state index in [9.17, 15) is 8.42 Å². The average molecular weight is 282 g/mol. The van der Waals surface area contributed by atoms with Gasteiger partial charge in [0.2, 0.25) is 0 Å². The highest BCUT2D eigenvalue weighted by Gasteiger charge is 2.39. The number of allylic oxidation sites excluding steroid dienone is 1. The van der Waals surface area contributed by atoms with E-state index >= 15 is 0 Å². The van der Waals surface area contributed by atoms with Crippen LogP contribution in [0.5, 0.6) is 0 Å². The van der Waals surface area contributed by atoms with Gasteiger partial charge < -0.3 is 4.74 Å². The van der Waals surface area contributed by atoms with Gasteiger partial charge in [0.15, 0.2) is 0 Å². The van der Waals surface area contributed by atoms with E-state index in [1.54, 1.807) is 30.3 Å². The Bertz CT molecular complexity index is 541. The monoisotopic (exact) mass is 282 g/mol. The zero-order valence-corrected chi connectivity index (χ0v) is 11.8. The molecule has 0 atom stereocenters. The summed E-state index contributed by atoms with van der Waals surface area (Å²) in [5, 5.41) is 0. The second-order valence-electron chi connectivity index (χ2n) is 5.01. The summed E-state index contributed by atoms with van der Waals surface area (Å²) >= 11 is 0. The van der Waals surface area contributed by atoms with Crippen molar-refractivity contribution in [3.05, 3.63) is 42.5 Å². The van der Waals surface area contributed by atoms with Crippen molar-refractivity contribution in [2.45, 2.75) is 18.2 Å². The van der Waals surface area contributed by atoms with E-state index in [4.69, 9.17) is 8.92 Å². The highest BCUT2D eigenvalue weighted by Crippen LogP contribution is 2.33. The first kappa shape index (κ1) is 14.2. The topological polar surface area (TPSA) is 52.6 Å². The highest BCUT2D eigenvalue weighted by atomic mass is 32.2. The van der Waals surface area contributed by atoms with E-state index in [1.165, 1.54) is 0 Å². The molecule has 0 unspecified atom stereocenters. The summed E-state index contributed by atoms with van der Waals surface area (Å²) < 4.78 is 34.4. The second-order valence-corrected chi connectivity index (χ2v) is 6.63. The predicted molar refractivity (Wildman–Crippen MR) is 72.4 cm³/mol. The van der Waals surface area contributed by atoms with Crippen molar-refractivity contribution in [1.82, 2.24) is 0 Å². The first-order chi connectivity index (χ1) is 8.97. The Morgan fingerprint density at radius 2 is 2.00 bits per heavy atom. The molecular formula is C14H18O4S. The van der Waals surface area contributed by atoms with Gasteiger partial charge in [-0.25, -0.2) is 0 Å². The van der Waals surface area contributed by atoms with Crippen LogP contribution in [0.1, 0.15) is 12.0 Å². The number of benzene rings is 1. The van der Waals surface area contributed by atoms with E-state index in [1.807, 2.05) is 6.92 Å². The van der Waals surface area contributed by atoms with E-state index in [2.05, 4.69) is 6.58 Å². The van der Waals surface area contributed by atoms with Gasteiger partial charge in [-0.1, -0.05) is 23.8 Å². The maximum Gasteiger partial charge on any atom is 0.296 e. The van der Waals surface area contributed by atoms with Crippen LogP contribution >= 0.6 is 0 Å².